The Morgan fingerprint density at radius 3 is 2.83 bits per heavy atom. The summed E-state index contributed by atoms with van der Waals surface area (Å²) in [6.45, 7) is 6.23. The van der Waals surface area contributed by atoms with Crippen LogP contribution in [0.25, 0.3) is 0 Å². The molecule has 0 amide bonds. The molecule has 0 aliphatic rings. The van der Waals surface area contributed by atoms with Crippen LogP contribution < -0.4 is 0 Å². The van der Waals surface area contributed by atoms with Gasteiger partial charge in [0.25, 0.3) is 0 Å². The number of rotatable bonds is 6. The summed E-state index contributed by atoms with van der Waals surface area (Å²) in [4.78, 5) is 10.2. The Hall–Kier alpha value is -1.09. The lowest BCUT2D eigenvalue weighted by Gasteiger charge is -2.00. The average molecular weight is 170 g/mol. The van der Waals surface area contributed by atoms with Crippen LogP contribution in [0.4, 0.5) is 0 Å². The van der Waals surface area contributed by atoms with Gasteiger partial charge in [0.2, 0.25) is 0 Å². The van der Waals surface area contributed by atoms with Crippen molar-refractivity contribution < 1.29 is 14.6 Å². The molecule has 1 N–H and O–H groups in total. The molecule has 0 saturated heterocycles. The highest BCUT2D eigenvalue weighted by atomic mass is 16.5. The van der Waals surface area contributed by atoms with E-state index in [1.165, 1.54) is 0 Å². The fourth-order valence-corrected chi connectivity index (χ4v) is 0.652. The van der Waals surface area contributed by atoms with Crippen molar-refractivity contribution in [2.24, 2.45) is 0 Å². The summed E-state index contributed by atoms with van der Waals surface area (Å²) >= 11 is 0. The van der Waals surface area contributed by atoms with Crippen LogP contribution in [0.15, 0.2) is 24.3 Å². The van der Waals surface area contributed by atoms with Crippen molar-refractivity contribution in [1.82, 2.24) is 0 Å². The Balaban J connectivity index is 3.49. The van der Waals surface area contributed by atoms with Crippen molar-refractivity contribution in [3.63, 3.8) is 0 Å². The second-order valence-electron chi connectivity index (χ2n) is 2.46. The Morgan fingerprint density at radius 1 is 1.67 bits per heavy atom. The molecule has 0 rings (SSSR count). The number of hydrogen-bond donors (Lipinski definition) is 1. The van der Waals surface area contributed by atoms with Gasteiger partial charge < -0.3 is 9.84 Å². The molecule has 0 aliphatic heterocycles. The van der Waals surface area contributed by atoms with Gasteiger partial charge in [0.1, 0.15) is 0 Å². The van der Waals surface area contributed by atoms with Gasteiger partial charge in [0.15, 0.2) is 0 Å². The quantitative estimate of drug-likeness (QED) is 0.374. The van der Waals surface area contributed by atoms with E-state index in [1.807, 2.05) is 0 Å². The molecule has 0 unspecified atom stereocenters. The van der Waals surface area contributed by atoms with Crippen LogP contribution >= 0.6 is 0 Å². The average Bonchev–Trinajstić information content (AvgIpc) is 1.97. The zero-order valence-corrected chi connectivity index (χ0v) is 7.25. The molecule has 3 heteroatoms. The van der Waals surface area contributed by atoms with Gasteiger partial charge >= 0.3 is 5.97 Å². The van der Waals surface area contributed by atoms with E-state index in [4.69, 9.17) is 9.84 Å². The van der Waals surface area contributed by atoms with E-state index in [0.717, 1.165) is 12.5 Å². The third-order valence-corrected chi connectivity index (χ3v) is 1.17. The van der Waals surface area contributed by atoms with Crippen molar-refractivity contribution in [1.29, 1.82) is 0 Å². The minimum absolute atomic E-state index is 0.375. The van der Waals surface area contributed by atoms with E-state index < -0.39 is 5.97 Å². The van der Waals surface area contributed by atoms with Crippen molar-refractivity contribution in [2.75, 3.05) is 13.2 Å². The van der Waals surface area contributed by atoms with Gasteiger partial charge in [0.05, 0.1) is 13.2 Å². The lowest BCUT2D eigenvalue weighted by Crippen LogP contribution is -1.99. The highest BCUT2D eigenvalue weighted by Crippen LogP contribution is 1.94. The molecular formula is C9H14O3. The highest BCUT2D eigenvalue weighted by molar-refractivity contribution is 5.80. The van der Waals surface area contributed by atoms with Gasteiger partial charge in [-0.05, 0) is 18.9 Å². The largest absolute Gasteiger partial charge is 0.478 e. The molecule has 12 heavy (non-hydrogen) atoms. The minimum Gasteiger partial charge on any atom is -0.478 e. The summed E-state index contributed by atoms with van der Waals surface area (Å²) in [6, 6.07) is 0. The predicted molar refractivity (Wildman–Crippen MR) is 47.0 cm³/mol. The summed E-state index contributed by atoms with van der Waals surface area (Å²) in [7, 11) is 0. The number of hydrogen-bond acceptors (Lipinski definition) is 2. The van der Waals surface area contributed by atoms with E-state index in [0.29, 0.717) is 18.8 Å². The second kappa shape index (κ2) is 6.61. The lowest BCUT2D eigenvalue weighted by molar-refractivity contribution is -0.131. The lowest BCUT2D eigenvalue weighted by atomic mass is 10.3. The van der Waals surface area contributed by atoms with Gasteiger partial charge in [-0.15, -0.1) is 6.58 Å². The molecule has 0 aliphatic carbocycles. The van der Waals surface area contributed by atoms with E-state index in [1.54, 1.807) is 13.0 Å². The van der Waals surface area contributed by atoms with E-state index in [2.05, 4.69) is 6.58 Å². The zero-order chi connectivity index (χ0) is 9.40. The predicted octanol–water partition coefficient (Wildman–Crippen LogP) is 1.61. The maximum absolute atomic E-state index is 10.2. The van der Waals surface area contributed by atoms with Gasteiger partial charge in [-0.1, -0.05) is 6.08 Å². The van der Waals surface area contributed by atoms with Gasteiger partial charge in [0, 0.05) is 6.08 Å². The van der Waals surface area contributed by atoms with Crippen LogP contribution in [0.3, 0.4) is 0 Å². The topological polar surface area (TPSA) is 46.5 Å². The van der Waals surface area contributed by atoms with E-state index in [-0.39, 0.29) is 0 Å². The molecule has 0 bridgehead atoms. The van der Waals surface area contributed by atoms with Crippen molar-refractivity contribution in [3.05, 3.63) is 24.3 Å². The monoisotopic (exact) mass is 170 g/mol. The Bertz CT molecular complexity index is 182. The van der Waals surface area contributed by atoms with Crippen LogP contribution in [-0.2, 0) is 9.53 Å². The molecule has 0 aromatic carbocycles. The summed E-state index contributed by atoms with van der Waals surface area (Å²) in [5.74, 6) is -0.931. The molecule has 0 aromatic heterocycles. The first-order valence-corrected chi connectivity index (χ1v) is 3.75. The second-order valence-corrected chi connectivity index (χ2v) is 2.46. The Morgan fingerprint density at radius 2 is 2.33 bits per heavy atom. The standard InChI is InChI=1S/C9H14O3/c1-3-4-5-12-7-8(2)6-9(10)11/h3,6H,1,4-5,7H2,2H3,(H,10,11). The van der Waals surface area contributed by atoms with Crippen LogP contribution in [0.1, 0.15) is 13.3 Å². The number of carbonyl (C=O) groups is 1. The van der Waals surface area contributed by atoms with E-state index in [9.17, 15) is 4.79 Å². The number of carboxylic acid groups (broad SMARTS) is 1. The molecule has 0 saturated carbocycles. The van der Waals surface area contributed by atoms with Gasteiger partial charge in [-0.3, -0.25) is 0 Å². The summed E-state index contributed by atoms with van der Waals surface area (Å²) in [5.41, 5.74) is 0.714. The molecule has 0 aromatic rings. The molecule has 0 heterocycles. The van der Waals surface area contributed by atoms with E-state index >= 15 is 0 Å². The third kappa shape index (κ3) is 7.02. The zero-order valence-electron chi connectivity index (χ0n) is 7.25. The molecule has 0 atom stereocenters. The Kier molecular flexibility index (Phi) is 6.01. The molecular weight excluding hydrogens is 156 g/mol. The fraction of sp³-hybridized carbons (Fsp3) is 0.444. The van der Waals surface area contributed by atoms with Crippen molar-refractivity contribution in [2.45, 2.75) is 13.3 Å². The maximum Gasteiger partial charge on any atom is 0.328 e. The van der Waals surface area contributed by atoms with Crippen LogP contribution in [0.5, 0.6) is 0 Å². The number of ether oxygens (including phenoxy) is 1. The minimum atomic E-state index is -0.931. The SMILES string of the molecule is C=CCCOCC(C)=CC(=O)O. The summed E-state index contributed by atoms with van der Waals surface area (Å²) in [6.07, 6.45) is 3.70. The third-order valence-electron chi connectivity index (χ3n) is 1.17. The highest BCUT2D eigenvalue weighted by Gasteiger charge is 1.93. The molecule has 68 valence electrons. The van der Waals surface area contributed by atoms with Crippen molar-refractivity contribution in [3.8, 4) is 0 Å². The molecule has 3 nitrogen and oxygen atoms in total. The maximum atomic E-state index is 10.2. The Labute approximate surface area is 72.3 Å². The normalized spacial score (nSPS) is 11.2. The molecule has 0 radical (unpaired) electrons. The van der Waals surface area contributed by atoms with Crippen LogP contribution in [0, 0.1) is 0 Å². The number of carboxylic acids is 1. The van der Waals surface area contributed by atoms with Gasteiger partial charge in [-0.2, -0.15) is 0 Å². The van der Waals surface area contributed by atoms with Crippen LogP contribution in [-0.4, -0.2) is 24.3 Å². The summed E-state index contributed by atoms with van der Waals surface area (Å²) < 4.78 is 5.13. The molecule has 0 spiro atoms. The van der Waals surface area contributed by atoms with Crippen molar-refractivity contribution >= 4 is 5.97 Å². The first kappa shape index (κ1) is 10.9. The van der Waals surface area contributed by atoms with Gasteiger partial charge in [-0.25, -0.2) is 4.79 Å². The molecule has 0 fully saturated rings. The number of aliphatic carboxylic acids is 1. The smallest absolute Gasteiger partial charge is 0.328 e. The van der Waals surface area contributed by atoms with Crippen LogP contribution in [0.2, 0.25) is 0 Å². The first-order valence-electron chi connectivity index (χ1n) is 3.75. The fourth-order valence-electron chi connectivity index (χ4n) is 0.652. The first-order chi connectivity index (χ1) is 5.66. The summed E-state index contributed by atoms with van der Waals surface area (Å²) in [5, 5.41) is 8.34.